The van der Waals surface area contributed by atoms with Gasteiger partial charge in [0.05, 0.1) is 5.69 Å². The lowest BCUT2D eigenvalue weighted by Crippen LogP contribution is -1.76. The number of nitrogens with zero attached hydrogens (tertiary/aromatic N) is 2. The zero-order chi connectivity index (χ0) is 19.5. The number of hydrogen-bond acceptors (Lipinski definition) is 3. The van der Waals surface area contributed by atoms with Gasteiger partial charge in [0.15, 0.2) is 5.58 Å². The van der Waals surface area contributed by atoms with E-state index in [0.29, 0.717) is 26.5 Å². The molecule has 0 N–H and O–H groups in total. The number of allylic oxidation sites excluding steroid dienone is 1. The van der Waals surface area contributed by atoms with E-state index in [2.05, 4.69) is 9.98 Å². The van der Waals surface area contributed by atoms with E-state index in [1.54, 1.807) is 30.5 Å². The molecular formula is C22H13Cl3N2O. The molecule has 0 amide bonds. The molecule has 0 saturated carbocycles. The van der Waals surface area contributed by atoms with Crippen LogP contribution in [0, 0.1) is 0 Å². The van der Waals surface area contributed by atoms with Gasteiger partial charge in [-0.25, -0.2) is 4.98 Å². The minimum Gasteiger partial charge on any atom is -0.436 e. The molecule has 0 saturated heterocycles. The third kappa shape index (κ3) is 4.28. The Labute approximate surface area is 176 Å². The van der Waals surface area contributed by atoms with Gasteiger partial charge in [0.2, 0.25) is 5.89 Å². The van der Waals surface area contributed by atoms with Crippen LogP contribution in [0.4, 0.5) is 5.69 Å². The minimum absolute atomic E-state index is 0.546. The lowest BCUT2D eigenvalue weighted by molar-refractivity contribution is 0.620. The molecular weight excluding hydrogens is 415 g/mol. The summed E-state index contributed by atoms with van der Waals surface area (Å²) in [6, 6.07) is 18.3. The van der Waals surface area contributed by atoms with Crippen molar-refractivity contribution in [1.29, 1.82) is 0 Å². The first-order chi connectivity index (χ1) is 13.6. The van der Waals surface area contributed by atoms with Crippen LogP contribution in [-0.2, 0) is 0 Å². The third-order valence-corrected chi connectivity index (χ3v) is 4.82. The first kappa shape index (κ1) is 18.8. The summed E-state index contributed by atoms with van der Waals surface area (Å²) < 4.78 is 5.81. The van der Waals surface area contributed by atoms with Crippen LogP contribution < -0.4 is 0 Å². The summed E-state index contributed by atoms with van der Waals surface area (Å²) in [6.07, 6.45) is 5.39. The molecule has 0 aliphatic rings. The van der Waals surface area contributed by atoms with Crippen LogP contribution in [0.15, 0.2) is 76.1 Å². The molecule has 3 nitrogen and oxygen atoms in total. The van der Waals surface area contributed by atoms with Gasteiger partial charge < -0.3 is 4.42 Å². The molecule has 3 aromatic carbocycles. The second-order valence-electron chi connectivity index (χ2n) is 5.98. The van der Waals surface area contributed by atoms with E-state index in [-0.39, 0.29) is 0 Å². The normalized spacial score (nSPS) is 11.8. The Morgan fingerprint density at radius 3 is 2.43 bits per heavy atom. The molecule has 0 fully saturated rings. The number of oxazole rings is 1. The van der Waals surface area contributed by atoms with E-state index >= 15 is 0 Å². The summed E-state index contributed by atoms with van der Waals surface area (Å²) in [5, 5.41) is 1.87. The van der Waals surface area contributed by atoms with Gasteiger partial charge in [-0.3, -0.25) is 4.99 Å². The standard InChI is InChI=1S/C22H13Cl3N2O/c23-16-6-4-15(5-7-16)22-27-20-13-18(9-10-21(20)28-22)26-11-1-2-14-3-8-17(24)12-19(14)25/h1-13H/b2-1+,26-11?. The summed E-state index contributed by atoms with van der Waals surface area (Å²) in [4.78, 5) is 8.97. The van der Waals surface area contributed by atoms with Gasteiger partial charge in [-0.2, -0.15) is 0 Å². The van der Waals surface area contributed by atoms with Gasteiger partial charge in [-0.1, -0.05) is 46.9 Å². The highest BCUT2D eigenvalue weighted by molar-refractivity contribution is 6.35. The molecule has 1 heterocycles. The number of aliphatic imine (C=N–C) groups is 1. The van der Waals surface area contributed by atoms with Gasteiger partial charge in [0.25, 0.3) is 0 Å². The average Bonchev–Trinajstić information content (AvgIpc) is 3.10. The van der Waals surface area contributed by atoms with Crippen LogP contribution in [0.5, 0.6) is 0 Å². The lowest BCUT2D eigenvalue weighted by atomic mass is 10.2. The molecule has 138 valence electrons. The Bertz CT molecular complexity index is 1190. The lowest BCUT2D eigenvalue weighted by Gasteiger charge is -1.97. The van der Waals surface area contributed by atoms with Crippen molar-refractivity contribution in [3.8, 4) is 11.5 Å². The predicted octanol–water partition coefficient (Wildman–Crippen LogP) is 7.87. The Hall–Kier alpha value is -2.59. The maximum absolute atomic E-state index is 6.15. The van der Waals surface area contributed by atoms with Crippen LogP contribution in [0.1, 0.15) is 5.56 Å². The highest BCUT2D eigenvalue weighted by atomic mass is 35.5. The van der Waals surface area contributed by atoms with Crippen molar-refractivity contribution in [2.75, 3.05) is 0 Å². The average molecular weight is 428 g/mol. The Morgan fingerprint density at radius 2 is 1.64 bits per heavy atom. The first-order valence-electron chi connectivity index (χ1n) is 8.41. The van der Waals surface area contributed by atoms with E-state index in [1.807, 2.05) is 48.6 Å². The molecule has 28 heavy (non-hydrogen) atoms. The van der Waals surface area contributed by atoms with E-state index in [9.17, 15) is 0 Å². The van der Waals surface area contributed by atoms with Crippen LogP contribution >= 0.6 is 34.8 Å². The van der Waals surface area contributed by atoms with E-state index in [4.69, 9.17) is 39.2 Å². The summed E-state index contributed by atoms with van der Waals surface area (Å²) in [7, 11) is 0. The van der Waals surface area contributed by atoms with Gasteiger partial charge in [-0.15, -0.1) is 0 Å². The van der Waals surface area contributed by atoms with Crippen LogP contribution in [0.3, 0.4) is 0 Å². The zero-order valence-electron chi connectivity index (χ0n) is 14.4. The third-order valence-electron chi connectivity index (χ3n) is 4.01. The van der Waals surface area contributed by atoms with Crippen molar-refractivity contribution in [2.24, 2.45) is 4.99 Å². The maximum atomic E-state index is 6.15. The highest BCUT2D eigenvalue weighted by Crippen LogP contribution is 2.28. The molecule has 0 aliphatic heterocycles. The number of fused-ring (bicyclic) bond motifs is 1. The summed E-state index contributed by atoms with van der Waals surface area (Å²) in [5.41, 5.74) is 3.96. The second-order valence-corrected chi connectivity index (χ2v) is 7.26. The quantitative estimate of drug-likeness (QED) is 0.311. The van der Waals surface area contributed by atoms with Crippen molar-refractivity contribution in [3.63, 3.8) is 0 Å². The number of aromatic nitrogens is 1. The van der Waals surface area contributed by atoms with E-state index < -0.39 is 0 Å². The molecule has 0 unspecified atom stereocenters. The zero-order valence-corrected chi connectivity index (χ0v) is 16.7. The predicted molar refractivity (Wildman–Crippen MR) is 118 cm³/mol. The fourth-order valence-electron chi connectivity index (χ4n) is 2.62. The molecule has 0 atom stereocenters. The van der Waals surface area contributed by atoms with Crippen molar-refractivity contribution in [1.82, 2.24) is 4.98 Å². The number of halogens is 3. The van der Waals surface area contributed by atoms with Gasteiger partial charge in [0, 0.05) is 26.8 Å². The van der Waals surface area contributed by atoms with Crippen LogP contribution in [0.2, 0.25) is 15.1 Å². The van der Waals surface area contributed by atoms with Crippen molar-refractivity contribution >= 4 is 63.9 Å². The molecule has 0 bridgehead atoms. The molecule has 0 aliphatic carbocycles. The van der Waals surface area contributed by atoms with Crippen molar-refractivity contribution in [3.05, 3.63) is 87.4 Å². The Kier molecular flexibility index (Phi) is 5.49. The molecule has 0 radical (unpaired) electrons. The SMILES string of the molecule is Clc1ccc(-c2nc3cc(N=C/C=C/c4ccc(Cl)cc4Cl)ccc3o2)cc1. The van der Waals surface area contributed by atoms with Crippen LogP contribution in [-0.4, -0.2) is 11.2 Å². The summed E-state index contributed by atoms with van der Waals surface area (Å²) in [5.74, 6) is 0.546. The summed E-state index contributed by atoms with van der Waals surface area (Å²) in [6.45, 7) is 0. The monoisotopic (exact) mass is 426 g/mol. The van der Waals surface area contributed by atoms with E-state index in [1.165, 1.54) is 0 Å². The first-order valence-corrected chi connectivity index (χ1v) is 9.54. The fraction of sp³-hybridized carbons (Fsp3) is 0. The van der Waals surface area contributed by atoms with Gasteiger partial charge in [0.1, 0.15) is 5.52 Å². The van der Waals surface area contributed by atoms with Gasteiger partial charge >= 0.3 is 0 Å². The Morgan fingerprint density at radius 1 is 0.857 bits per heavy atom. The number of benzene rings is 3. The molecule has 0 spiro atoms. The molecule has 4 rings (SSSR count). The van der Waals surface area contributed by atoms with Gasteiger partial charge in [-0.05, 0) is 66.2 Å². The van der Waals surface area contributed by atoms with E-state index in [0.717, 1.165) is 22.3 Å². The molecule has 4 aromatic rings. The van der Waals surface area contributed by atoms with Crippen molar-refractivity contribution in [2.45, 2.75) is 0 Å². The largest absolute Gasteiger partial charge is 0.436 e. The number of rotatable bonds is 4. The fourth-order valence-corrected chi connectivity index (χ4v) is 3.22. The highest BCUT2D eigenvalue weighted by Gasteiger charge is 2.08. The minimum atomic E-state index is 0.546. The number of hydrogen-bond donors (Lipinski definition) is 0. The Balaban J connectivity index is 1.53. The van der Waals surface area contributed by atoms with Crippen molar-refractivity contribution < 1.29 is 4.42 Å². The smallest absolute Gasteiger partial charge is 0.227 e. The molecule has 1 aromatic heterocycles. The second kappa shape index (κ2) is 8.19. The maximum Gasteiger partial charge on any atom is 0.227 e. The summed E-state index contributed by atoms with van der Waals surface area (Å²) >= 11 is 18.0. The molecule has 6 heteroatoms. The van der Waals surface area contributed by atoms with Crippen LogP contribution in [0.25, 0.3) is 28.6 Å². The topological polar surface area (TPSA) is 38.4 Å².